The van der Waals surface area contributed by atoms with Crippen LogP contribution in [-0.4, -0.2) is 65.3 Å². The third-order valence-corrected chi connectivity index (χ3v) is 10.8. The number of rotatable bonds is 7. The molecule has 0 atom stereocenters. The van der Waals surface area contributed by atoms with Crippen molar-refractivity contribution >= 4 is 16.7 Å². The molecule has 0 saturated carbocycles. The van der Waals surface area contributed by atoms with Gasteiger partial charge in [0.05, 0.1) is 22.5 Å². The van der Waals surface area contributed by atoms with Crippen LogP contribution in [0, 0.1) is 11.7 Å². The molecule has 0 aliphatic carbocycles. The minimum Gasteiger partial charge on any atom is -0.411 e. The maximum absolute atomic E-state index is 14.2. The molecule has 59 heavy (non-hydrogen) atoms. The summed E-state index contributed by atoms with van der Waals surface area (Å²) >= 11 is 0. The summed E-state index contributed by atoms with van der Waals surface area (Å²) in [5.74, 6) is -1.00. The number of ether oxygens (including phenoxy) is 1. The Kier molecular flexibility index (Phi) is 16.1. The molecule has 318 valence electrons. The highest BCUT2D eigenvalue weighted by Crippen LogP contribution is 2.37. The van der Waals surface area contributed by atoms with Gasteiger partial charge in [0.2, 0.25) is 0 Å². The van der Waals surface area contributed by atoms with Crippen molar-refractivity contribution in [3.05, 3.63) is 136 Å². The molecular formula is C45H51F7N4O3. The predicted octanol–water partition coefficient (Wildman–Crippen LogP) is 11.6. The van der Waals surface area contributed by atoms with Crippen LogP contribution in [0.25, 0.3) is 11.0 Å². The van der Waals surface area contributed by atoms with Gasteiger partial charge in [-0.15, -0.1) is 0 Å². The van der Waals surface area contributed by atoms with Crippen molar-refractivity contribution in [1.82, 2.24) is 15.0 Å². The van der Waals surface area contributed by atoms with Gasteiger partial charge in [-0.25, -0.2) is 4.39 Å². The van der Waals surface area contributed by atoms with Gasteiger partial charge in [0.25, 0.3) is 0 Å². The molecule has 3 saturated heterocycles. The van der Waals surface area contributed by atoms with Gasteiger partial charge >= 0.3 is 12.4 Å². The highest BCUT2D eigenvalue weighted by atomic mass is 19.4. The number of oxime groups is 1. The zero-order valence-corrected chi connectivity index (χ0v) is 32.0. The third kappa shape index (κ3) is 12.6. The Balaban J connectivity index is 0.000000197. The number of hydrogen-bond acceptors (Lipinski definition) is 7. The van der Waals surface area contributed by atoms with Crippen molar-refractivity contribution in [3.8, 4) is 0 Å². The Morgan fingerprint density at radius 1 is 0.695 bits per heavy atom. The SMILES string of the molecule is C.C1CCOC1.FC(F)(F)c1ccc2c(C3CCN(Cc4ccccc4)CC3)noc2c1.O/N=C(/c1ccc(C(F)(F)F)cc1F)C1CCN(Cc2ccccc2)CC1. The topological polar surface area (TPSA) is 74.3 Å². The van der Waals surface area contributed by atoms with Crippen molar-refractivity contribution in [2.75, 3.05) is 39.4 Å². The summed E-state index contributed by atoms with van der Waals surface area (Å²) in [7, 11) is 0. The molecule has 4 aromatic carbocycles. The normalized spacial score (nSPS) is 17.4. The van der Waals surface area contributed by atoms with Crippen LogP contribution in [0.4, 0.5) is 30.7 Å². The number of halogens is 7. The van der Waals surface area contributed by atoms with Crippen LogP contribution in [0.1, 0.15) is 85.4 Å². The third-order valence-electron chi connectivity index (χ3n) is 10.8. The maximum Gasteiger partial charge on any atom is 0.416 e. The summed E-state index contributed by atoms with van der Waals surface area (Å²) in [6.45, 7) is 7.07. The highest BCUT2D eigenvalue weighted by Gasteiger charge is 2.34. The van der Waals surface area contributed by atoms with Gasteiger partial charge in [-0.1, -0.05) is 78.4 Å². The molecule has 4 heterocycles. The largest absolute Gasteiger partial charge is 0.416 e. The number of nitrogens with zero attached hydrogens (tertiary/aromatic N) is 4. The fourth-order valence-corrected chi connectivity index (χ4v) is 7.60. The maximum atomic E-state index is 14.2. The van der Waals surface area contributed by atoms with Crippen LogP contribution >= 0.6 is 0 Å². The zero-order valence-electron chi connectivity index (χ0n) is 32.0. The van der Waals surface area contributed by atoms with E-state index in [-0.39, 0.29) is 36.1 Å². The Bertz CT molecular complexity index is 2050. The van der Waals surface area contributed by atoms with E-state index in [0.29, 0.717) is 24.3 Å². The monoisotopic (exact) mass is 828 g/mol. The van der Waals surface area contributed by atoms with E-state index in [1.165, 1.54) is 30.0 Å². The molecule has 1 N–H and O–H groups in total. The van der Waals surface area contributed by atoms with Gasteiger partial charge in [0.1, 0.15) is 5.82 Å². The average molecular weight is 829 g/mol. The summed E-state index contributed by atoms with van der Waals surface area (Å²) in [5, 5.41) is 17.4. The molecule has 7 nitrogen and oxygen atoms in total. The van der Waals surface area contributed by atoms with Crippen molar-refractivity contribution in [3.63, 3.8) is 0 Å². The van der Waals surface area contributed by atoms with Crippen LogP contribution in [0.2, 0.25) is 0 Å². The van der Waals surface area contributed by atoms with E-state index in [9.17, 15) is 35.9 Å². The lowest BCUT2D eigenvalue weighted by molar-refractivity contribution is -0.138. The Morgan fingerprint density at radius 2 is 1.20 bits per heavy atom. The number of alkyl halides is 6. The smallest absolute Gasteiger partial charge is 0.411 e. The molecule has 3 aliphatic rings. The molecule has 8 rings (SSSR count). The lowest BCUT2D eigenvalue weighted by Gasteiger charge is -2.32. The molecule has 3 fully saturated rings. The minimum atomic E-state index is -4.61. The van der Waals surface area contributed by atoms with Gasteiger partial charge in [-0.3, -0.25) is 9.80 Å². The summed E-state index contributed by atoms with van der Waals surface area (Å²) in [5.41, 5.74) is 1.75. The number of fused-ring (bicyclic) bond motifs is 1. The lowest BCUT2D eigenvalue weighted by atomic mass is 9.87. The molecule has 3 aliphatic heterocycles. The number of piperidine rings is 2. The molecule has 5 aromatic rings. The summed E-state index contributed by atoms with van der Waals surface area (Å²) < 4.78 is 101. The second kappa shape index (κ2) is 20.9. The Morgan fingerprint density at radius 3 is 1.68 bits per heavy atom. The van der Waals surface area contributed by atoms with Crippen LogP contribution in [0.5, 0.6) is 0 Å². The molecule has 0 amide bonds. The van der Waals surface area contributed by atoms with Crippen LogP contribution in [-0.2, 0) is 30.2 Å². The van der Waals surface area contributed by atoms with Crippen LogP contribution in [0.3, 0.4) is 0 Å². The second-order valence-corrected chi connectivity index (χ2v) is 14.8. The fraction of sp³-hybridized carbons (Fsp3) is 0.422. The van der Waals surface area contributed by atoms with E-state index in [1.54, 1.807) is 0 Å². The van der Waals surface area contributed by atoms with E-state index in [2.05, 4.69) is 32.2 Å². The summed E-state index contributed by atoms with van der Waals surface area (Å²) in [4.78, 5) is 4.65. The molecule has 1 aromatic heterocycles. The first-order valence-electron chi connectivity index (χ1n) is 19.5. The van der Waals surface area contributed by atoms with Crippen molar-refractivity contribution in [1.29, 1.82) is 0 Å². The standard InChI is InChI=1S/C20H20F4N2O.C20H19F3N2O.C4H8O.CH4/c21-18-12-16(20(22,23)24)6-7-17(18)19(25-27)15-8-10-26(11-9-15)13-14-4-2-1-3-5-14;21-20(22,23)16-6-7-17-18(12-16)26-24-19(17)15-8-10-25(11-9-15)13-14-4-2-1-3-5-14;1-2-4-5-3-1;/h1-7,12,15,27H,8-11,13H2;1-7,12,15H,8-11,13H2;1-4H2;1H4/b25-19+;;;. The van der Waals surface area contributed by atoms with Gasteiger partial charge in [-0.2, -0.15) is 26.3 Å². The first-order valence-corrected chi connectivity index (χ1v) is 19.5. The molecule has 14 heteroatoms. The first kappa shape index (κ1) is 45.3. The average Bonchev–Trinajstić information content (AvgIpc) is 3.95. The Labute approximate surface area is 340 Å². The number of hydrogen-bond donors (Lipinski definition) is 1. The number of likely N-dealkylation sites (tertiary alicyclic amines) is 2. The Hall–Kier alpha value is -4.79. The number of aromatic nitrogens is 1. The second-order valence-electron chi connectivity index (χ2n) is 14.8. The van der Waals surface area contributed by atoms with E-state index in [0.717, 1.165) is 95.3 Å². The van der Waals surface area contributed by atoms with Crippen LogP contribution in [0.15, 0.2) is 107 Å². The van der Waals surface area contributed by atoms with Gasteiger partial charge in [0.15, 0.2) is 5.58 Å². The first-order chi connectivity index (χ1) is 27.9. The van der Waals surface area contributed by atoms with E-state index < -0.39 is 29.3 Å². The molecule has 0 radical (unpaired) electrons. The van der Waals surface area contributed by atoms with Gasteiger partial charge < -0.3 is 14.5 Å². The zero-order chi connectivity index (χ0) is 41.1. The van der Waals surface area contributed by atoms with Crippen molar-refractivity contribution < 1.29 is 45.2 Å². The summed E-state index contributed by atoms with van der Waals surface area (Å²) in [6.07, 6.45) is -3.28. The quantitative estimate of drug-likeness (QED) is 0.0762. The summed E-state index contributed by atoms with van der Waals surface area (Å²) in [6, 6.07) is 26.3. The van der Waals surface area contributed by atoms with Crippen LogP contribution < -0.4 is 0 Å². The van der Waals surface area contributed by atoms with E-state index in [1.807, 2.05) is 48.5 Å². The van der Waals surface area contributed by atoms with Gasteiger partial charge in [0, 0.05) is 49.1 Å². The fourth-order valence-electron chi connectivity index (χ4n) is 7.60. The van der Waals surface area contributed by atoms with E-state index in [4.69, 9.17) is 9.26 Å². The van der Waals surface area contributed by atoms with Gasteiger partial charge in [-0.05, 0) is 112 Å². The molecule has 0 unspecified atom stereocenters. The molecule has 0 spiro atoms. The minimum absolute atomic E-state index is 0. The lowest BCUT2D eigenvalue weighted by Crippen LogP contribution is -2.36. The van der Waals surface area contributed by atoms with E-state index >= 15 is 0 Å². The number of benzene rings is 4. The predicted molar refractivity (Wildman–Crippen MR) is 214 cm³/mol. The van der Waals surface area contributed by atoms with Crippen molar-refractivity contribution in [2.24, 2.45) is 11.1 Å². The highest BCUT2D eigenvalue weighted by molar-refractivity contribution is 6.02. The van der Waals surface area contributed by atoms with Crippen molar-refractivity contribution in [2.45, 2.75) is 77.3 Å². The molecule has 0 bridgehead atoms. The molecular weight excluding hydrogens is 778 g/mol.